The van der Waals surface area contributed by atoms with Crippen LogP contribution in [0.3, 0.4) is 0 Å². The second-order valence-corrected chi connectivity index (χ2v) is 12.5. The molecule has 4 rings (SSSR count). The van der Waals surface area contributed by atoms with Crippen molar-refractivity contribution in [3.63, 3.8) is 0 Å². The third kappa shape index (κ3) is 5.40. The van der Waals surface area contributed by atoms with E-state index in [1.807, 2.05) is 0 Å². The average molecular weight is 498 g/mol. The van der Waals surface area contributed by atoms with E-state index in [0.29, 0.717) is 11.0 Å². The van der Waals surface area contributed by atoms with E-state index < -0.39 is 9.84 Å². The van der Waals surface area contributed by atoms with Crippen LogP contribution in [0.1, 0.15) is 54.1 Å². The average Bonchev–Trinajstić information content (AvgIpc) is 3.30. The van der Waals surface area contributed by atoms with Crippen LogP contribution in [0, 0.1) is 12.8 Å². The SMILES string of the molecule is CCS(=O)(=O)c1ccc(CC(=O)Nc2nc3c(s2)CN(Cc2cccc(C)c2)[C@@H]3C(C)C)cc1. The van der Waals surface area contributed by atoms with E-state index in [0.717, 1.165) is 24.3 Å². The fraction of sp³-hybridized carbons (Fsp3) is 0.385. The van der Waals surface area contributed by atoms with Gasteiger partial charge in [-0.1, -0.05) is 62.7 Å². The summed E-state index contributed by atoms with van der Waals surface area (Å²) < 4.78 is 23.9. The fourth-order valence-corrected chi connectivity index (χ4v) is 6.41. The third-order valence-electron chi connectivity index (χ3n) is 6.12. The maximum atomic E-state index is 12.6. The summed E-state index contributed by atoms with van der Waals surface area (Å²) >= 11 is 1.54. The molecule has 1 amide bonds. The lowest BCUT2D eigenvalue weighted by molar-refractivity contribution is -0.115. The third-order valence-corrected chi connectivity index (χ3v) is 8.84. The Balaban J connectivity index is 1.42. The molecule has 0 radical (unpaired) electrons. The van der Waals surface area contributed by atoms with E-state index in [1.54, 1.807) is 42.5 Å². The molecule has 1 N–H and O–H groups in total. The largest absolute Gasteiger partial charge is 0.302 e. The van der Waals surface area contributed by atoms with Crippen molar-refractivity contribution in [1.29, 1.82) is 0 Å². The molecular weight excluding hydrogens is 466 g/mol. The lowest BCUT2D eigenvalue weighted by Gasteiger charge is -2.27. The number of benzene rings is 2. The van der Waals surface area contributed by atoms with Crippen LogP contribution in [-0.2, 0) is 34.1 Å². The van der Waals surface area contributed by atoms with Gasteiger partial charge in [0, 0.05) is 18.0 Å². The molecule has 6 nitrogen and oxygen atoms in total. The monoisotopic (exact) mass is 497 g/mol. The summed E-state index contributed by atoms with van der Waals surface area (Å²) in [6.07, 6.45) is 0.170. The Morgan fingerprint density at radius 3 is 2.56 bits per heavy atom. The van der Waals surface area contributed by atoms with Gasteiger partial charge in [-0.2, -0.15) is 0 Å². The molecule has 0 fully saturated rings. The summed E-state index contributed by atoms with van der Waals surface area (Å²) in [6, 6.07) is 15.3. The van der Waals surface area contributed by atoms with Gasteiger partial charge in [0.05, 0.1) is 28.8 Å². The van der Waals surface area contributed by atoms with Crippen molar-refractivity contribution in [2.45, 2.75) is 58.1 Å². The van der Waals surface area contributed by atoms with Crippen LogP contribution in [0.4, 0.5) is 5.13 Å². The zero-order valence-electron chi connectivity index (χ0n) is 20.0. The van der Waals surface area contributed by atoms with E-state index in [9.17, 15) is 13.2 Å². The molecule has 34 heavy (non-hydrogen) atoms. The Morgan fingerprint density at radius 1 is 1.18 bits per heavy atom. The molecule has 0 aliphatic carbocycles. The highest BCUT2D eigenvalue weighted by Crippen LogP contribution is 2.43. The molecule has 0 unspecified atom stereocenters. The van der Waals surface area contributed by atoms with Crippen molar-refractivity contribution in [3.8, 4) is 0 Å². The van der Waals surface area contributed by atoms with Gasteiger partial charge in [0.1, 0.15) is 0 Å². The number of thiazole rings is 1. The molecule has 0 saturated carbocycles. The van der Waals surface area contributed by atoms with Crippen molar-refractivity contribution in [1.82, 2.24) is 9.88 Å². The number of hydrogen-bond donors (Lipinski definition) is 1. The normalized spacial score (nSPS) is 16.1. The van der Waals surface area contributed by atoms with Crippen molar-refractivity contribution in [2.24, 2.45) is 5.92 Å². The van der Waals surface area contributed by atoms with Gasteiger partial charge < -0.3 is 5.32 Å². The number of anilines is 1. The number of amides is 1. The molecule has 0 spiro atoms. The molecule has 0 saturated heterocycles. The van der Waals surface area contributed by atoms with E-state index in [1.165, 1.54) is 16.0 Å². The lowest BCUT2D eigenvalue weighted by Crippen LogP contribution is -2.26. The number of hydrogen-bond acceptors (Lipinski definition) is 6. The van der Waals surface area contributed by atoms with Crippen LogP contribution < -0.4 is 5.32 Å². The highest BCUT2D eigenvalue weighted by molar-refractivity contribution is 7.91. The summed E-state index contributed by atoms with van der Waals surface area (Å²) in [4.78, 5) is 21.4. The number of carbonyl (C=O) groups is 1. The van der Waals surface area contributed by atoms with E-state index >= 15 is 0 Å². The highest BCUT2D eigenvalue weighted by atomic mass is 32.2. The molecule has 1 aromatic heterocycles. The molecule has 3 aromatic rings. The molecule has 1 aliphatic heterocycles. The molecule has 2 aromatic carbocycles. The van der Waals surface area contributed by atoms with Crippen molar-refractivity contribution in [3.05, 3.63) is 75.8 Å². The first-order chi connectivity index (χ1) is 16.2. The molecule has 1 aliphatic rings. The van der Waals surface area contributed by atoms with Crippen LogP contribution in [0.25, 0.3) is 0 Å². The summed E-state index contributed by atoms with van der Waals surface area (Å²) in [6.45, 7) is 9.86. The summed E-state index contributed by atoms with van der Waals surface area (Å²) in [7, 11) is -3.24. The van der Waals surface area contributed by atoms with Crippen LogP contribution in [-0.4, -0.2) is 30.0 Å². The zero-order chi connectivity index (χ0) is 24.5. The second kappa shape index (κ2) is 9.98. The smallest absolute Gasteiger partial charge is 0.230 e. The first-order valence-corrected chi connectivity index (χ1v) is 14.0. The van der Waals surface area contributed by atoms with Crippen molar-refractivity contribution >= 4 is 32.2 Å². The highest BCUT2D eigenvalue weighted by Gasteiger charge is 2.36. The molecule has 8 heteroatoms. The minimum absolute atomic E-state index is 0.0569. The van der Waals surface area contributed by atoms with Gasteiger partial charge in [0.25, 0.3) is 0 Å². The number of fused-ring (bicyclic) bond motifs is 1. The number of rotatable bonds is 8. The molecule has 180 valence electrons. The minimum atomic E-state index is -3.24. The van der Waals surface area contributed by atoms with Gasteiger partial charge in [-0.25, -0.2) is 13.4 Å². The van der Waals surface area contributed by atoms with Crippen LogP contribution in [0.15, 0.2) is 53.4 Å². The second-order valence-electron chi connectivity index (χ2n) is 9.18. The van der Waals surface area contributed by atoms with Crippen LogP contribution in [0.2, 0.25) is 0 Å². The van der Waals surface area contributed by atoms with Gasteiger partial charge >= 0.3 is 0 Å². The summed E-state index contributed by atoms with van der Waals surface area (Å²) in [5, 5.41) is 3.57. The van der Waals surface area contributed by atoms with E-state index in [2.05, 4.69) is 55.3 Å². The zero-order valence-corrected chi connectivity index (χ0v) is 21.7. The fourth-order valence-electron chi connectivity index (χ4n) is 4.48. The van der Waals surface area contributed by atoms with Crippen molar-refractivity contribution in [2.75, 3.05) is 11.1 Å². The van der Waals surface area contributed by atoms with Gasteiger partial charge in [-0.3, -0.25) is 9.69 Å². The molecule has 0 bridgehead atoms. The molecule has 2 heterocycles. The van der Waals surface area contributed by atoms with Crippen LogP contribution >= 0.6 is 11.3 Å². The molecular formula is C26H31N3O3S2. The summed E-state index contributed by atoms with van der Waals surface area (Å²) in [5.41, 5.74) is 4.39. The molecule has 1 atom stereocenters. The van der Waals surface area contributed by atoms with Gasteiger partial charge in [-0.15, -0.1) is 11.3 Å². The first kappa shape index (κ1) is 24.6. The van der Waals surface area contributed by atoms with Crippen molar-refractivity contribution < 1.29 is 13.2 Å². The Bertz CT molecular complexity index is 1280. The lowest BCUT2D eigenvalue weighted by atomic mass is 10.0. The number of nitrogens with zero attached hydrogens (tertiary/aromatic N) is 2. The standard InChI is InChI=1S/C26H31N3O3S2/c1-5-34(31,32)21-11-9-19(10-12-21)14-23(30)27-26-28-24-22(33-26)16-29(25(24)17(2)3)15-20-8-6-7-18(4)13-20/h6-13,17,25H,5,14-16H2,1-4H3,(H,27,28,30)/t25-/m1/s1. The van der Waals surface area contributed by atoms with E-state index in [-0.39, 0.29) is 29.0 Å². The predicted octanol–water partition coefficient (Wildman–Crippen LogP) is 5.14. The topological polar surface area (TPSA) is 79.4 Å². The van der Waals surface area contributed by atoms with E-state index in [4.69, 9.17) is 4.98 Å². The maximum Gasteiger partial charge on any atom is 0.230 e. The first-order valence-electron chi connectivity index (χ1n) is 11.6. The van der Waals surface area contributed by atoms with Gasteiger partial charge in [0.15, 0.2) is 15.0 Å². The van der Waals surface area contributed by atoms with Gasteiger partial charge in [0.2, 0.25) is 5.91 Å². The minimum Gasteiger partial charge on any atom is -0.302 e. The Labute approximate surface area is 206 Å². The Hall–Kier alpha value is -2.55. The number of carbonyl (C=O) groups excluding carboxylic acids is 1. The van der Waals surface area contributed by atoms with Gasteiger partial charge in [-0.05, 0) is 36.1 Å². The Kier molecular flexibility index (Phi) is 7.21. The predicted molar refractivity (Wildman–Crippen MR) is 137 cm³/mol. The maximum absolute atomic E-state index is 12.6. The number of aryl methyl sites for hydroxylation is 1. The quantitative estimate of drug-likeness (QED) is 0.466. The Morgan fingerprint density at radius 2 is 1.91 bits per heavy atom. The van der Waals surface area contributed by atoms with Crippen LogP contribution in [0.5, 0.6) is 0 Å². The number of sulfone groups is 1. The summed E-state index contributed by atoms with van der Waals surface area (Å²) in [5.74, 6) is 0.298. The number of nitrogens with one attached hydrogen (secondary N) is 1. The number of aromatic nitrogens is 1.